The van der Waals surface area contributed by atoms with Crippen molar-refractivity contribution in [2.24, 2.45) is 0 Å². The third kappa shape index (κ3) is 2.18. The van der Waals surface area contributed by atoms with Gasteiger partial charge < -0.3 is 5.73 Å². The van der Waals surface area contributed by atoms with Crippen molar-refractivity contribution in [1.82, 2.24) is 15.2 Å². The van der Waals surface area contributed by atoms with E-state index < -0.39 is 5.82 Å². The number of nitrogens with two attached hydrogens (primary N) is 1. The Morgan fingerprint density at radius 2 is 1.90 bits per heavy atom. The van der Waals surface area contributed by atoms with Crippen molar-refractivity contribution in [3.05, 3.63) is 53.0 Å². The lowest BCUT2D eigenvalue weighted by Crippen LogP contribution is -1.90. The van der Waals surface area contributed by atoms with Gasteiger partial charge in [-0.05, 0) is 23.8 Å². The molecule has 0 aliphatic rings. The Morgan fingerprint density at radius 3 is 2.60 bits per heavy atom. The van der Waals surface area contributed by atoms with Crippen molar-refractivity contribution >= 4 is 21.7 Å². The average molecular weight is 333 g/mol. The van der Waals surface area contributed by atoms with Crippen molar-refractivity contribution in [1.29, 1.82) is 0 Å². The molecule has 3 aromatic rings. The first-order valence-corrected chi connectivity index (χ1v) is 6.66. The van der Waals surface area contributed by atoms with Gasteiger partial charge in [-0.1, -0.05) is 28.1 Å². The summed E-state index contributed by atoms with van der Waals surface area (Å²) in [5.74, 6) is -0.0898. The molecule has 2 heterocycles. The van der Waals surface area contributed by atoms with E-state index in [0.717, 1.165) is 16.2 Å². The molecular weight excluding hydrogens is 323 g/mol. The lowest BCUT2D eigenvalue weighted by molar-refractivity contribution is 0.624. The van der Waals surface area contributed by atoms with Gasteiger partial charge in [0.15, 0.2) is 11.6 Å². The molecule has 4 nitrogen and oxygen atoms in total. The Bertz CT molecular complexity index is 752. The first kappa shape index (κ1) is 12.8. The quantitative estimate of drug-likeness (QED) is 0.753. The molecule has 0 aliphatic heterocycles. The zero-order valence-corrected chi connectivity index (χ0v) is 11.9. The molecule has 0 saturated heterocycles. The molecule has 20 heavy (non-hydrogen) atoms. The molecule has 100 valence electrons. The summed E-state index contributed by atoms with van der Waals surface area (Å²) in [5, 5.41) is 6.78. The van der Waals surface area contributed by atoms with Gasteiger partial charge in [-0.25, -0.2) is 4.39 Å². The summed E-state index contributed by atoms with van der Waals surface area (Å²) < 4.78 is 14.8. The van der Waals surface area contributed by atoms with Crippen molar-refractivity contribution in [2.45, 2.75) is 0 Å². The zero-order valence-electron chi connectivity index (χ0n) is 10.3. The van der Waals surface area contributed by atoms with E-state index in [1.165, 1.54) is 6.20 Å². The van der Waals surface area contributed by atoms with Gasteiger partial charge in [0.2, 0.25) is 0 Å². The number of halogens is 2. The zero-order chi connectivity index (χ0) is 14.1. The Kier molecular flexibility index (Phi) is 3.23. The molecule has 0 saturated carbocycles. The molecule has 0 atom stereocenters. The average Bonchev–Trinajstić information content (AvgIpc) is 2.82. The molecule has 0 fully saturated rings. The molecule has 0 bridgehead atoms. The first-order valence-electron chi connectivity index (χ1n) is 5.86. The Labute approximate surface area is 123 Å². The topological polar surface area (TPSA) is 67.6 Å². The second kappa shape index (κ2) is 5.05. The number of hydrogen-bond donors (Lipinski definition) is 2. The number of nitrogen functional groups attached to an aromatic ring is 1. The lowest BCUT2D eigenvalue weighted by atomic mass is 10.0. The highest BCUT2D eigenvalue weighted by Crippen LogP contribution is 2.35. The third-order valence-electron chi connectivity index (χ3n) is 2.97. The molecule has 0 radical (unpaired) electrons. The van der Waals surface area contributed by atoms with E-state index >= 15 is 0 Å². The highest BCUT2D eigenvalue weighted by atomic mass is 79.9. The van der Waals surface area contributed by atoms with E-state index in [1.54, 1.807) is 6.07 Å². The van der Waals surface area contributed by atoms with Crippen LogP contribution in [0.5, 0.6) is 0 Å². The monoisotopic (exact) mass is 332 g/mol. The van der Waals surface area contributed by atoms with Crippen molar-refractivity contribution < 1.29 is 4.39 Å². The van der Waals surface area contributed by atoms with Crippen LogP contribution < -0.4 is 5.73 Å². The summed E-state index contributed by atoms with van der Waals surface area (Å²) in [4.78, 5) is 3.74. The van der Waals surface area contributed by atoms with Gasteiger partial charge in [0, 0.05) is 16.2 Å². The number of H-pyrrole nitrogens is 1. The summed E-state index contributed by atoms with van der Waals surface area (Å²) >= 11 is 3.38. The summed E-state index contributed by atoms with van der Waals surface area (Å²) in [6.45, 7) is 0. The Balaban J connectivity index is 2.20. The van der Waals surface area contributed by atoms with Crippen LogP contribution in [0.4, 0.5) is 10.2 Å². The summed E-state index contributed by atoms with van der Waals surface area (Å²) in [6, 6.07) is 9.18. The molecule has 1 aromatic carbocycles. The normalized spacial score (nSPS) is 10.7. The fourth-order valence-electron chi connectivity index (χ4n) is 2.04. The minimum absolute atomic E-state index is 0.332. The molecule has 3 rings (SSSR count). The molecule has 6 heteroatoms. The van der Waals surface area contributed by atoms with Gasteiger partial charge in [0.05, 0.1) is 17.5 Å². The standard InChI is InChI=1S/C14H10BrFN4/c15-9-3-1-8(2-4-9)12-13(19-20-14(12)17)10-5-6-18-7-11(10)16/h1-7H,(H3,17,19,20). The van der Waals surface area contributed by atoms with Crippen LogP contribution in [0.3, 0.4) is 0 Å². The first-order chi connectivity index (χ1) is 9.66. The summed E-state index contributed by atoms with van der Waals surface area (Å²) in [7, 11) is 0. The lowest BCUT2D eigenvalue weighted by Gasteiger charge is -2.05. The molecule has 0 unspecified atom stereocenters. The summed E-state index contributed by atoms with van der Waals surface area (Å²) in [5.41, 5.74) is 8.39. The molecule has 0 aliphatic carbocycles. The second-order valence-corrected chi connectivity index (χ2v) is 5.14. The van der Waals surface area contributed by atoms with Crippen molar-refractivity contribution in [3.63, 3.8) is 0 Å². The van der Waals surface area contributed by atoms with Crippen LogP contribution >= 0.6 is 15.9 Å². The summed E-state index contributed by atoms with van der Waals surface area (Å²) in [6.07, 6.45) is 2.69. The van der Waals surface area contributed by atoms with E-state index in [4.69, 9.17) is 5.73 Å². The SMILES string of the molecule is Nc1n[nH]c(-c2ccncc2F)c1-c1ccc(Br)cc1. The van der Waals surface area contributed by atoms with Crippen LogP contribution in [0.25, 0.3) is 22.4 Å². The van der Waals surface area contributed by atoms with Crippen LogP contribution in [0.2, 0.25) is 0 Å². The largest absolute Gasteiger partial charge is 0.382 e. The van der Waals surface area contributed by atoms with Gasteiger partial charge in [-0.15, -0.1) is 0 Å². The highest BCUT2D eigenvalue weighted by Gasteiger charge is 2.17. The van der Waals surface area contributed by atoms with Gasteiger partial charge in [0.1, 0.15) is 0 Å². The van der Waals surface area contributed by atoms with E-state index in [9.17, 15) is 4.39 Å². The van der Waals surface area contributed by atoms with E-state index in [0.29, 0.717) is 22.6 Å². The number of pyridine rings is 1. The van der Waals surface area contributed by atoms with Gasteiger partial charge >= 0.3 is 0 Å². The number of nitrogens with one attached hydrogen (secondary N) is 1. The van der Waals surface area contributed by atoms with Crippen molar-refractivity contribution in [2.75, 3.05) is 5.73 Å². The van der Waals surface area contributed by atoms with Gasteiger partial charge in [0.25, 0.3) is 0 Å². The van der Waals surface area contributed by atoms with Crippen molar-refractivity contribution in [3.8, 4) is 22.4 Å². The number of rotatable bonds is 2. The number of aromatic amines is 1. The van der Waals surface area contributed by atoms with Crippen LogP contribution in [0.15, 0.2) is 47.2 Å². The van der Waals surface area contributed by atoms with Crippen LogP contribution in [-0.4, -0.2) is 15.2 Å². The second-order valence-electron chi connectivity index (χ2n) is 4.22. The number of aromatic nitrogens is 3. The number of hydrogen-bond acceptors (Lipinski definition) is 3. The maximum absolute atomic E-state index is 13.9. The maximum atomic E-state index is 13.9. The fraction of sp³-hybridized carbons (Fsp3) is 0. The van der Waals surface area contributed by atoms with E-state index in [1.807, 2.05) is 24.3 Å². The van der Waals surface area contributed by atoms with Gasteiger partial charge in [-0.3, -0.25) is 10.1 Å². The number of benzene rings is 1. The van der Waals surface area contributed by atoms with Crippen LogP contribution in [0, 0.1) is 5.82 Å². The minimum atomic E-state index is -0.422. The van der Waals surface area contributed by atoms with Gasteiger partial charge in [-0.2, -0.15) is 5.10 Å². The molecule has 0 amide bonds. The molecular formula is C14H10BrFN4. The fourth-order valence-corrected chi connectivity index (χ4v) is 2.30. The van der Waals surface area contributed by atoms with Crippen LogP contribution in [0.1, 0.15) is 0 Å². The Hall–Kier alpha value is -2.21. The van der Waals surface area contributed by atoms with Crippen LogP contribution in [-0.2, 0) is 0 Å². The predicted octanol–water partition coefficient (Wildman–Crippen LogP) is 3.62. The number of anilines is 1. The molecule has 0 spiro atoms. The minimum Gasteiger partial charge on any atom is -0.382 e. The van der Waals surface area contributed by atoms with E-state index in [2.05, 4.69) is 31.1 Å². The molecule has 2 aromatic heterocycles. The third-order valence-corrected chi connectivity index (χ3v) is 3.50. The molecule has 3 N–H and O–H groups in total. The highest BCUT2D eigenvalue weighted by molar-refractivity contribution is 9.10. The predicted molar refractivity (Wildman–Crippen MR) is 79.3 cm³/mol. The smallest absolute Gasteiger partial charge is 0.153 e. The maximum Gasteiger partial charge on any atom is 0.153 e. The Morgan fingerprint density at radius 1 is 1.15 bits per heavy atom. The number of nitrogens with zero attached hydrogens (tertiary/aromatic N) is 2. The van der Waals surface area contributed by atoms with E-state index in [-0.39, 0.29) is 0 Å².